The lowest BCUT2D eigenvalue weighted by Gasteiger charge is -2.02. The summed E-state index contributed by atoms with van der Waals surface area (Å²) in [6.07, 6.45) is 4.17. The average molecular weight is 292 g/mol. The highest BCUT2D eigenvalue weighted by molar-refractivity contribution is 5.92. The molecule has 1 aliphatic heterocycles. The van der Waals surface area contributed by atoms with E-state index in [9.17, 15) is 0 Å². The maximum atomic E-state index is 5.55. The normalized spacial score (nSPS) is 26.8. The van der Waals surface area contributed by atoms with Crippen molar-refractivity contribution in [3.05, 3.63) is 42.4 Å². The molecule has 5 nitrogen and oxygen atoms in total. The molecular weight excluding hydrogens is 276 g/mol. The molecule has 2 unspecified atom stereocenters. The van der Waals surface area contributed by atoms with Crippen LogP contribution in [-0.2, 0) is 0 Å². The molecule has 2 atom stereocenters. The molecule has 2 fully saturated rings. The number of hydrogen-bond acceptors (Lipinski definition) is 5. The summed E-state index contributed by atoms with van der Waals surface area (Å²) in [7, 11) is 0. The molecule has 5 heteroatoms. The van der Waals surface area contributed by atoms with Gasteiger partial charge in [0, 0.05) is 24.0 Å². The Labute approximate surface area is 127 Å². The zero-order chi connectivity index (χ0) is 14.6. The zero-order valence-corrected chi connectivity index (χ0v) is 12.1. The van der Waals surface area contributed by atoms with E-state index in [-0.39, 0.29) is 0 Å². The topological polar surface area (TPSA) is 63.8 Å². The van der Waals surface area contributed by atoms with Crippen molar-refractivity contribution in [2.75, 3.05) is 13.1 Å². The molecule has 0 bridgehead atoms. The summed E-state index contributed by atoms with van der Waals surface area (Å²) < 4.78 is 5.55. The third-order valence-corrected chi connectivity index (χ3v) is 5.09. The van der Waals surface area contributed by atoms with Gasteiger partial charge in [-0.05, 0) is 36.3 Å². The van der Waals surface area contributed by atoms with E-state index in [0.29, 0.717) is 17.2 Å². The van der Waals surface area contributed by atoms with Gasteiger partial charge in [-0.2, -0.15) is 4.98 Å². The Morgan fingerprint density at radius 1 is 1.23 bits per heavy atom. The van der Waals surface area contributed by atoms with E-state index >= 15 is 0 Å². The molecule has 1 saturated heterocycles. The Bertz CT molecular complexity index is 845. The van der Waals surface area contributed by atoms with Gasteiger partial charge in [-0.15, -0.1) is 0 Å². The monoisotopic (exact) mass is 292 g/mol. The number of nitrogens with one attached hydrogen (secondary N) is 1. The fourth-order valence-electron chi connectivity index (χ4n) is 3.70. The van der Waals surface area contributed by atoms with Crippen LogP contribution < -0.4 is 5.32 Å². The third kappa shape index (κ3) is 1.72. The second-order valence-corrected chi connectivity index (χ2v) is 6.38. The highest BCUT2D eigenvalue weighted by Crippen LogP contribution is 2.62. The molecule has 3 aromatic rings. The van der Waals surface area contributed by atoms with Crippen molar-refractivity contribution in [1.29, 1.82) is 0 Å². The van der Waals surface area contributed by atoms with Crippen LogP contribution in [0.25, 0.3) is 22.3 Å². The Balaban J connectivity index is 1.54. The van der Waals surface area contributed by atoms with Crippen molar-refractivity contribution in [2.45, 2.75) is 18.8 Å². The van der Waals surface area contributed by atoms with E-state index in [2.05, 4.69) is 26.5 Å². The van der Waals surface area contributed by atoms with Crippen molar-refractivity contribution in [2.24, 2.45) is 5.41 Å². The van der Waals surface area contributed by atoms with Gasteiger partial charge in [0.1, 0.15) is 5.69 Å². The molecule has 5 rings (SSSR count). The number of hydrogen-bond donors (Lipinski definition) is 1. The molecule has 1 spiro atoms. The molecule has 1 saturated carbocycles. The molecular formula is C17H16N4O. The van der Waals surface area contributed by atoms with E-state index in [1.54, 1.807) is 6.20 Å². The summed E-state index contributed by atoms with van der Waals surface area (Å²) in [6, 6.07) is 10.2. The second-order valence-electron chi connectivity index (χ2n) is 6.38. The van der Waals surface area contributed by atoms with Crippen molar-refractivity contribution >= 4 is 10.8 Å². The van der Waals surface area contributed by atoms with E-state index in [4.69, 9.17) is 4.52 Å². The predicted molar refractivity (Wildman–Crippen MR) is 82.3 cm³/mol. The standard InChI is InChI=1S/C17H16N4O/c1-2-4-12-11(3-1)5-7-19-14(12)15-20-16(22-21-15)13-9-17(13)6-8-18-10-17/h1-5,7,13,18H,6,8-10H2. The van der Waals surface area contributed by atoms with Crippen LogP contribution in [0.1, 0.15) is 24.7 Å². The number of nitrogens with zero attached hydrogens (tertiary/aromatic N) is 3. The lowest BCUT2D eigenvalue weighted by atomic mass is 10.0. The van der Waals surface area contributed by atoms with Crippen LogP contribution in [0, 0.1) is 5.41 Å². The first-order chi connectivity index (χ1) is 10.9. The van der Waals surface area contributed by atoms with Crippen LogP contribution in [0.2, 0.25) is 0 Å². The maximum absolute atomic E-state index is 5.55. The minimum absolute atomic E-state index is 0.371. The first-order valence-corrected chi connectivity index (χ1v) is 7.74. The first kappa shape index (κ1) is 12.3. The summed E-state index contributed by atoms with van der Waals surface area (Å²) >= 11 is 0. The highest BCUT2D eigenvalue weighted by atomic mass is 16.5. The van der Waals surface area contributed by atoms with E-state index in [1.807, 2.05) is 24.3 Å². The molecule has 1 N–H and O–H groups in total. The third-order valence-electron chi connectivity index (χ3n) is 5.09. The van der Waals surface area contributed by atoms with Gasteiger partial charge in [0.2, 0.25) is 11.7 Å². The van der Waals surface area contributed by atoms with E-state index in [1.165, 1.54) is 6.42 Å². The van der Waals surface area contributed by atoms with Crippen molar-refractivity contribution in [3.63, 3.8) is 0 Å². The summed E-state index contributed by atoms with van der Waals surface area (Å²) in [4.78, 5) is 9.11. The van der Waals surface area contributed by atoms with Gasteiger partial charge < -0.3 is 9.84 Å². The number of benzene rings is 1. The minimum atomic E-state index is 0.371. The quantitative estimate of drug-likeness (QED) is 0.787. The Morgan fingerprint density at radius 3 is 3.09 bits per heavy atom. The number of fused-ring (bicyclic) bond motifs is 1. The van der Waals surface area contributed by atoms with Gasteiger partial charge in [-0.3, -0.25) is 4.98 Å². The molecule has 0 amide bonds. The van der Waals surface area contributed by atoms with Crippen molar-refractivity contribution < 1.29 is 4.52 Å². The van der Waals surface area contributed by atoms with Crippen LogP contribution in [0.15, 0.2) is 41.1 Å². The highest BCUT2D eigenvalue weighted by Gasteiger charge is 2.58. The van der Waals surface area contributed by atoms with Crippen LogP contribution >= 0.6 is 0 Å². The average Bonchev–Trinajstić information content (AvgIpc) is 2.93. The largest absolute Gasteiger partial charge is 0.339 e. The second kappa shape index (κ2) is 4.36. The molecule has 0 radical (unpaired) electrons. The lowest BCUT2D eigenvalue weighted by molar-refractivity contribution is 0.364. The van der Waals surface area contributed by atoms with Crippen LogP contribution in [0.4, 0.5) is 0 Å². The molecule has 1 aliphatic carbocycles. The maximum Gasteiger partial charge on any atom is 0.230 e. The van der Waals surface area contributed by atoms with Gasteiger partial charge in [-0.25, -0.2) is 0 Å². The molecule has 1 aromatic carbocycles. The fraction of sp³-hybridized carbons (Fsp3) is 0.353. The summed E-state index contributed by atoms with van der Waals surface area (Å²) in [6.45, 7) is 2.17. The Morgan fingerprint density at radius 2 is 2.18 bits per heavy atom. The van der Waals surface area contributed by atoms with Gasteiger partial charge in [0.25, 0.3) is 0 Å². The number of pyridine rings is 1. The molecule has 2 aliphatic rings. The Kier molecular flexibility index (Phi) is 2.44. The summed E-state index contributed by atoms with van der Waals surface area (Å²) in [5.41, 5.74) is 1.17. The van der Waals surface area contributed by atoms with Crippen molar-refractivity contribution in [3.8, 4) is 11.5 Å². The van der Waals surface area contributed by atoms with E-state index < -0.39 is 0 Å². The zero-order valence-electron chi connectivity index (χ0n) is 12.1. The fourth-order valence-corrected chi connectivity index (χ4v) is 3.70. The van der Waals surface area contributed by atoms with Crippen LogP contribution in [0.5, 0.6) is 0 Å². The lowest BCUT2D eigenvalue weighted by Crippen LogP contribution is -2.10. The predicted octanol–water partition coefficient (Wildman–Crippen LogP) is 2.75. The first-order valence-electron chi connectivity index (χ1n) is 7.74. The summed E-state index contributed by atoms with van der Waals surface area (Å²) in [5.74, 6) is 1.78. The van der Waals surface area contributed by atoms with Gasteiger partial charge in [0.05, 0.1) is 0 Å². The Hall–Kier alpha value is -2.27. The molecule has 110 valence electrons. The molecule has 22 heavy (non-hydrogen) atoms. The van der Waals surface area contributed by atoms with Gasteiger partial charge >= 0.3 is 0 Å². The SMILES string of the molecule is c1ccc2c(-c3noc(C4CC45CCNC5)n3)nccc2c1. The number of aromatic nitrogens is 3. The van der Waals surface area contributed by atoms with E-state index in [0.717, 1.165) is 41.9 Å². The van der Waals surface area contributed by atoms with Gasteiger partial charge in [0.15, 0.2) is 0 Å². The van der Waals surface area contributed by atoms with Gasteiger partial charge in [-0.1, -0.05) is 29.4 Å². The summed E-state index contributed by atoms with van der Waals surface area (Å²) in [5, 5.41) is 9.82. The molecule has 2 aromatic heterocycles. The smallest absolute Gasteiger partial charge is 0.230 e. The minimum Gasteiger partial charge on any atom is -0.339 e. The van der Waals surface area contributed by atoms with Crippen LogP contribution in [-0.4, -0.2) is 28.2 Å². The van der Waals surface area contributed by atoms with Crippen molar-refractivity contribution in [1.82, 2.24) is 20.4 Å². The van der Waals surface area contributed by atoms with Crippen LogP contribution in [0.3, 0.4) is 0 Å². The molecule has 3 heterocycles. The number of rotatable bonds is 2.